The van der Waals surface area contributed by atoms with Crippen LogP contribution >= 0.6 is 11.3 Å². The third-order valence-electron chi connectivity index (χ3n) is 4.60. The van der Waals surface area contributed by atoms with Gasteiger partial charge in [0.05, 0.1) is 0 Å². The molecule has 0 fully saturated rings. The number of nitrogens with zero attached hydrogens (tertiary/aromatic N) is 5. The molecular weight excluding hydrogens is 416 g/mol. The van der Waals surface area contributed by atoms with Crippen molar-refractivity contribution >= 4 is 22.8 Å². The highest BCUT2D eigenvalue weighted by atomic mass is 32.1. The minimum atomic E-state index is -2.95. The average Bonchev–Trinajstić information content (AvgIpc) is 3.47. The number of thiophene rings is 1. The zero-order valence-corrected chi connectivity index (χ0v) is 16.5. The first-order chi connectivity index (χ1) is 14.6. The molecule has 0 spiro atoms. The highest BCUT2D eigenvalue weighted by Crippen LogP contribution is 2.39. The van der Waals surface area contributed by atoms with Gasteiger partial charge in [0.25, 0.3) is 0 Å². The zero-order valence-electron chi connectivity index (χ0n) is 15.7. The molecule has 0 aliphatic carbocycles. The van der Waals surface area contributed by atoms with Gasteiger partial charge < -0.3 is 19.1 Å². The average molecular weight is 431 g/mol. The summed E-state index contributed by atoms with van der Waals surface area (Å²) < 4.78 is 42.8. The molecule has 8 nitrogen and oxygen atoms in total. The van der Waals surface area contributed by atoms with Crippen LogP contribution in [0.25, 0.3) is 17.0 Å². The Morgan fingerprint density at radius 1 is 1.20 bits per heavy atom. The van der Waals surface area contributed by atoms with E-state index in [-0.39, 0.29) is 19.1 Å². The van der Waals surface area contributed by atoms with Crippen molar-refractivity contribution in [1.29, 1.82) is 0 Å². The van der Waals surface area contributed by atoms with Crippen LogP contribution in [0.15, 0.2) is 41.1 Å². The third-order valence-corrected chi connectivity index (χ3v) is 5.28. The SMILES string of the molecule is CN(Cc1cc2c(cc1OC(F)F)OCO2)c1ccc2nnc(-c3ccsc3)n2n1. The lowest BCUT2D eigenvalue weighted by atomic mass is 10.1. The van der Waals surface area contributed by atoms with E-state index in [0.29, 0.717) is 34.4 Å². The van der Waals surface area contributed by atoms with Gasteiger partial charge in [-0.25, -0.2) is 0 Å². The summed E-state index contributed by atoms with van der Waals surface area (Å²) in [5, 5.41) is 16.9. The maximum atomic E-state index is 12.9. The smallest absolute Gasteiger partial charge is 0.387 e. The van der Waals surface area contributed by atoms with Crippen LogP contribution in [0.1, 0.15) is 5.56 Å². The van der Waals surface area contributed by atoms with Gasteiger partial charge in [-0.1, -0.05) is 0 Å². The number of rotatable bonds is 6. The van der Waals surface area contributed by atoms with Gasteiger partial charge in [0, 0.05) is 36.2 Å². The molecule has 4 aromatic rings. The van der Waals surface area contributed by atoms with Crippen LogP contribution in [0.4, 0.5) is 14.6 Å². The van der Waals surface area contributed by atoms with Gasteiger partial charge in [0.1, 0.15) is 11.6 Å². The monoisotopic (exact) mass is 431 g/mol. The normalized spacial score (nSPS) is 12.7. The Morgan fingerprint density at radius 2 is 2.03 bits per heavy atom. The molecule has 5 rings (SSSR count). The Bertz CT molecular complexity index is 1200. The summed E-state index contributed by atoms with van der Waals surface area (Å²) in [6.07, 6.45) is 0. The topological polar surface area (TPSA) is 74.0 Å². The Morgan fingerprint density at radius 3 is 2.80 bits per heavy atom. The summed E-state index contributed by atoms with van der Waals surface area (Å²) in [5.74, 6) is 2.14. The molecule has 0 bridgehead atoms. The molecule has 3 aromatic heterocycles. The lowest BCUT2D eigenvalue weighted by Gasteiger charge is -2.20. The minimum absolute atomic E-state index is 0.0328. The minimum Gasteiger partial charge on any atom is -0.454 e. The van der Waals surface area contributed by atoms with E-state index in [1.807, 2.05) is 21.7 Å². The maximum Gasteiger partial charge on any atom is 0.387 e. The van der Waals surface area contributed by atoms with E-state index < -0.39 is 6.61 Å². The molecule has 0 radical (unpaired) electrons. The van der Waals surface area contributed by atoms with E-state index in [9.17, 15) is 8.78 Å². The Kier molecular flexibility index (Phi) is 4.58. The lowest BCUT2D eigenvalue weighted by Crippen LogP contribution is -2.19. The second kappa shape index (κ2) is 7.41. The lowest BCUT2D eigenvalue weighted by molar-refractivity contribution is -0.0505. The van der Waals surface area contributed by atoms with E-state index in [0.717, 1.165) is 5.56 Å². The summed E-state index contributed by atoms with van der Waals surface area (Å²) in [6.45, 7) is -2.65. The number of benzene rings is 1. The molecule has 0 atom stereocenters. The highest BCUT2D eigenvalue weighted by Gasteiger charge is 2.21. The molecule has 0 N–H and O–H groups in total. The fraction of sp³-hybridized carbons (Fsp3) is 0.211. The molecule has 1 aliphatic rings. The van der Waals surface area contributed by atoms with Crippen LogP contribution in [-0.4, -0.2) is 40.3 Å². The van der Waals surface area contributed by atoms with Crippen molar-refractivity contribution in [3.63, 3.8) is 0 Å². The number of alkyl halides is 2. The van der Waals surface area contributed by atoms with Crippen molar-refractivity contribution in [3.8, 4) is 28.6 Å². The number of hydrogen-bond acceptors (Lipinski definition) is 8. The Balaban J connectivity index is 1.47. The van der Waals surface area contributed by atoms with E-state index in [1.54, 1.807) is 41.1 Å². The Labute approximate surface area is 173 Å². The van der Waals surface area contributed by atoms with E-state index in [1.165, 1.54) is 6.07 Å². The van der Waals surface area contributed by atoms with Gasteiger partial charge in [-0.15, -0.1) is 15.3 Å². The summed E-state index contributed by atoms with van der Waals surface area (Å²) in [6, 6.07) is 8.60. The van der Waals surface area contributed by atoms with Crippen LogP contribution in [0, 0.1) is 0 Å². The number of anilines is 1. The fourth-order valence-electron chi connectivity index (χ4n) is 3.19. The van der Waals surface area contributed by atoms with Crippen molar-refractivity contribution in [3.05, 3.63) is 46.7 Å². The number of aromatic nitrogens is 4. The molecule has 1 aromatic carbocycles. The predicted octanol–water partition coefficient (Wildman–Crippen LogP) is 3.82. The van der Waals surface area contributed by atoms with Crippen LogP contribution in [-0.2, 0) is 6.54 Å². The van der Waals surface area contributed by atoms with Crippen molar-refractivity contribution < 1.29 is 23.0 Å². The summed E-state index contributed by atoms with van der Waals surface area (Å²) >= 11 is 1.56. The van der Waals surface area contributed by atoms with Crippen LogP contribution in [0.5, 0.6) is 17.2 Å². The van der Waals surface area contributed by atoms with Crippen molar-refractivity contribution in [1.82, 2.24) is 19.8 Å². The summed E-state index contributed by atoms with van der Waals surface area (Å²) in [5.41, 5.74) is 2.05. The summed E-state index contributed by atoms with van der Waals surface area (Å²) in [7, 11) is 1.81. The summed E-state index contributed by atoms with van der Waals surface area (Å²) in [4.78, 5) is 1.81. The van der Waals surface area contributed by atoms with Crippen LogP contribution < -0.4 is 19.1 Å². The number of ether oxygens (including phenoxy) is 3. The molecule has 1 aliphatic heterocycles. The molecule has 0 amide bonds. The second-order valence-corrected chi connectivity index (χ2v) is 7.32. The Hall–Kier alpha value is -3.47. The largest absolute Gasteiger partial charge is 0.454 e. The molecule has 11 heteroatoms. The molecule has 154 valence electrons. The van der Waals surface area contributed by atoms with Gasteiger partial charge in [-0.05, 0) is 29.6 Å². The number of hydrogen-bond donors (Lipinski definition) is 0. The first kappa shape index (κ1) is 18.6. The molecule has 0 saturated heterocycles. The van der Waals surface area contributed by atoms with E-state index in [4.69, 9.17) is 14.2 Å². The van der Waals surface area contributed by atoms with Crippen molar-refractivity contribution in [2.75, 3.05) is 18.7 Å². The quantitative estimate of drug-likeness (QED) is 0.460. The molecule has 30 heavy (non-hydrogen) atoms. The van der Waals surface area contributed by atoms with Crippen LogP contribution in [0.3, 0.4) is 0 Å². The van der Waals surface area contributed by atoms with Crippen LogP contribution in [0.2, 0.25) is 0 Å². The first-order valence-corrected chi connectivity index (χ1v) is 9.86. The first-order valence-electron chi connectivity index (χ1n) is 8.92. The fourth-order valence-corrected chi connectivity index (χ4v) is 3.82. The third kappa shape index (κ3) is 3.36. The van der Waals surface area contributed by atoms with Gasteiger partial charge in [-0.2, -0.15) is 24.6 Å². The molecular formula is C19H15F2N5O3S. The van der Waals surface area contributed by atoms with Gasteiger partial charge in [0.2, 0.25) is 6.79 Å². The highest BCUT2D eigenvalue weighted by molar-refractivity contribution is 7.08. The molecule has 4 heterocycles. The van der Waals surface area contributed by atoms with E-state index in [2.05, 4.69) is 15.3 Å². The van der Waals surface area contributed by atoms with Gasteiger partial charge in [-0.3, -0.25) is 0 Å². The number of halogens is 2. The van der Waals surface area contributed by atoms with Crippen molar-refractivity contribution in [2.45, 2.75) is 13.2 Å². The van der Waals surface area contributed by atoms with E-state index >= 15 is 0 Å². The zero-order chi connectivity index (χ0) is 20.7. The van der Waals surface area contributed by atoms with Gasteiger partial charge in [0.15, 0.2) is 23.0 Å². The standard InChI is InChI=1S/C19H15F2N5O3S/c1-25(8-12-6-14-15(28-10-27-14)7-13(12)29-19(20)21)17-3-2-16-22-23-18(26(16)24-17)11-4-5-30-9-11/h2-7,9,19H,8,10H2,1H3. The second-order valence-electron chi connectivity index (χ2n) is 6.54. The predicted molar refractivity (Wildman–Crippen MR) is 105 cm³/mol. The van der Waals surface area contributed by atoms with Gasteiger partial charge >= 0.3 is 6.61 Å². The van der Waals surface area contributed by atoms with Crippen molar-refractivity contribution in [2.24, 2.45) is 0 Å². The maximum absolute atomic E-state index is 12.9. The number of fused-ring (bicyclic) bond motifs is 2. The molecule has 0 saturated carbocycles. The molecule has 0 unspecified atom stereocenters.